The third-order valence-electron chi connectivity index (χ3n) is 9.43. The minimum atomic E-state index is -1.27. The van der Waals surface area contributed by atoms with E-state index in [2.05, 4.69) is 10.6 Å². The fraction of sp³-hybridized carbons (Fsp3) is 0.533. The van der Waals surface area contributed by atoms with E-state index in [0.29, 0.717) is 43.3 Å². The molecule has 2 aromatic rings. The summed E-state index contributed by atoms with van der Waals surface area (Å²) < 4.78 is 18.5. The standard InChI is InChI=1S/C30H30Cl4N2O7/c31-19-1-3-23(33)25(10-19)35-27(37)39-21-12-22(40-28(38)36-26-11-20(32)2-4-24(26)34)14-29(13-21)41-30(43-42-29)17-6-15-5-16(8-17)9-18(30)7-15/h1-4,10-11,15-18,21-22H,5-9,12-14H2,(H,35,37)(H,36,38)/t15?,16?,17?,18?,21-,22+,29?,30?. The lowest BCUT2D eigenvalue weighted by Gasteiger charge is -2.57. The highest BCUT2D eigenvalue weighted by Crippen LogP contribution is 2.64. The molecular formula is C30H30Cl4N2O7. The van der Waals surface area contributed by atoms with Crippen molar-refractivity contribution in [2.45, 2.75) is 75.1 Å². The minimum Gasteiger partial charge on any atom is -0.446 e. The van der Waals surface area contributed by atoms with Gasteiger partial charge in [0.2, 0.25) is 11.6 Å². The van der Waals surface area contributed by atoms with E-state index >= 15 is 0 Å². The smallest absolute Gasteiger partial charge is 0.411 e. The molecule has 2 spiro atoms. The van der Waals surface area contributed by atoms with Gasteiger partial charge in [0.1, 0.15) is 12.2 Å². The maximum atomic E-state index is 13.0. The Morgan fingerprint density at radius 3 is 1.67 bits per heavy atom. The molecule has 6 fully saturated rings. The van der Waals surface area contributed by atoms with Crippen LogP contribution in [0.4, 0.5) is 21.0 Å². The van der Waals surface area contributed by atoms with E-state index < -0.39 is 36.0 Å². The van der Waals surface area contributed by atoms with Crippen molar-refractivity contribution in [2.75, 3.05) is 10.6 Å². The quantitative estimate of drug-likeness (QED) is 0.313. The maximum Gasteiger partial charge on any atom is 0.411 e. The molecule has 1 unspecified atom stereocenters. The average Bonchev–Trinajstić information content (AvgIpc) is 3.29. The Kier molecular flexibility index (Phi) is 7.90. The Labute approximate surface area is 268 Å². The highest BCUT2D eigenvalue weighted by molar-refractivity contribution is 6.36. The van der Waals surface area contributed by atoms with Gasteiger partial charge in [0.05, 0.1) is 21.4 Å². The van der Waals surface area contributed by atoms with Gasteiger partial charge in [-0.2, -0.15) is 9.78 Å². The lowest BCUT2D eigenvalue weighted by molar-refractivity contribution is -0.391. The highest BCUT2D eigenvalue weighted by Gasteiger charge is 2.68. The summed E-state index contributed by atoms with van der Waals surface area (Å²) in [5.74, 6) is -0.285. The van der Waals surface area contributed by atoms with Crippen LogP contribution in [-0.4, -0.2) is 36.0 Å². The number of halogens is 4. The molecular weight excluding hydrogens is 642 g/mol. The van der Waals surface area contributed by atoms with Crippen LogP contribution in [0.15, 0.2) is 36.4 Å². The van der Waals surface area contributed by atoms with Gasteiger partial charge in [-0.05, 0) is 80.3 Å². The van der Waals surface area contributed by atoms with Gasteiger partial charge in [-0.25, -0.2) is 9.59 Å². The van der Waals surface area contributed by atoms with Crippen molar-refractivity contribution in [3.63, 3.8) is 0 Å². The summed E-state index contributed by atoms with van der Waals surface area (Å²) >= 11 is 24.6. The zero-order valence-corrected chi connectivity index (χ0v) is 26.0. The Hall–Kier alpha value is -1.98. The number of nitrogens with one attached hydrogen (secondary N) is 2. The Morgan fingerprint density at radius 1 is 0.698 bits per heavy atom. The topological polar surface area (TPSA) is 104 Å². The summed E-state index contributed by atoms with van der Waals surface area (Å²) in [5.41, 5.74) is 0.610. The fourth-order valence-electron chi connectivity index (χ4n) is 7.95. The van der Waals surface area contributed by atoms with Crippen LogP contribution < -0.4 is 10.6 Å². The van der Waals surface area contributed by atoms with Crippen LogP contribution in [0.1, 0.15) is 51.4 Å². The third kappa shape index (κ3) is 5.90. The van der Waals surface area contributed by atoms with Crippen molar-refractivity contribution in [3.8, 4) is 0 Å². The molecule has 2 N–H and O–H groups in total. The van der Waals surface area contributed by atoms with Crippen LogP contribution in [0, 0.1) is 23.7 Å². The first-order chi connectivity index (χ1) is 20.6. The zero-order valence-electron chi connectivity index (χ0n) is 23.0. The Bertz CT molecular complexity index is 1340. The molecule has 8 rings (SSSR count). The summed E-state index contributed by atoms with van der Waals surface area (Å²) in [7, 11) is 0. The zero-order chi connectivity index (χ0) is 29.9. The number of amides is 2. The average molecular weight is 672 g/mol. The molecule has 9 nitrogen and oxygen atoms in total. The number of benzene rings is 2. The van der Waals surface area contributed by atoms with Crippen molar-refractivity contribution < 1.29 is 33.6 Å². The molecule has 0 aromatic heterocycles. The van der Waals surface area contributed by atoms with Crippen LogP contribution in [-0.2, 0) is 24.0 Å². The van der Waals surface area contributed by atoms with Crippen molar-refractivity contribution >= 4 is 70.0 Å². The van der Waals surface area contributed by atoms with E-state index in [9.17, 15) is 9.59 Å². The van der Waals surface area contributed by atoms with Gasteiger partial charge in [0.15, 0.2) is 0 Å². The predicted molar refractivity (Wildman–Crippen MR) is 160 cm³/mol. The molecule has 43 heavy (non-hydrogen) atoms. The second-order valence-corrected chi connectivity index (χ2v) is 14.1. The molecule has 1 heterocycles. The SMILES string of the molecule is O=C(Nc1cc(Cl)ccc1Cl)O[C@@H]1C[C@H](OC(=O)Nc2cc(Cl)ccc2Cl)CC2(C1)OOC1(O2)C2CC3CC(C2)CC1C3. The summed E-state index contributed by atoms with van der Waals surface area (Å²) in [6.45, 7) is 0. The molecule has 1 saturated heterocycles. The first kappa shape index (κ1) is 29.7. The maximum absolute atomic E-state index is 13.0. The van der Waals surface area contributed by atoms with Crippen molar-refractivity contribution in [1.29, 1.82) is 0 Å². The van der Waals surface area contributed by atoms with Crippen LogP contribution in [0.25, 0.3) is 0 Å². The van der Waals surface area contributed by atoms with E-state index in [0.717, 1.165) is 25.7 Å². The molecule has 2 amide bonds. The van der Waals surface area contributed by atoms with Crippen LogP contribution in [0.5, 0.6) is 0 Å². The second-order valence-electron chi connectivity index (χ2n) is 12.4. The molecule has 230 valence electrons. The molecule has 5 saturated carbocycles. The second kappa shape index (κ2) is 11.4. The molecule has 0 radical (unpaired) electrons. The molecule has 1 aliphatic heterocycles. The number of anilines is 2. The van der Waals surface area contributed by atoms with E-state index in [1.54, 1.807) is 24.3 Å². The van der Waals surface area contributed by atoms with Gasteiger partial charge in [-0.3, -0.25) is 10.6 Å². The Morgan fingerprint density at radius 2 is 1.19 bits per heavy atom. The summed E-state index contributed by atoms with van der Waals surface area (Å²) in [6.07, 6.45) is 3.05. The van der Waals surface area contributed by atoms with Gasteiger partial charge in [0.25, 0.3) is 0 Å². The third-order valence-corrected chi connectivity index (χ3v) is 10.6. The lowest BCUT2D eigenvalue weighted by Crippen LogP contribution is -2.60. The van der Waals surface area contributed by atoms with Crippen LogP contribution in [0.2, 0.25) is 20.1 Å². The van der Waals surface area contributed by atoms with Crippen LogP contribution >= 0.6 is 46.4 Å². The number of hydrogen-bond donors (Lipinski definition) is 2. The van der Waals surface area contributed by atoms with Gasteiger partial charge in [-0.1, -0.05) is 46.4 Å². The summed E-state index contributed by atoms with van der Waals surface area (Å²) in [4.78, 5) is 38.2. The summed E-state index contributed by atoms with van der Waals surface area (Å²) in [5, 5.41) is 6.69. The van der Waals surface area contributed by atoms with E-state index in [1.807, 2.05) is 0 Å². The summed E-state index contributed by atoms with van der Waals surface area (Å²) in [6, 6.07) is 9.43. The van der Waals surface area contributed by atoms with Gasteiger partial charge >= 0.3 is 12.2 Å². The molecule has 6 aliphatic rings. The molecule has 5 aliphatic carbocycles. The van der Waals surface area contributed by atoms with E-state index in [-0.39, 0.29) is 31.1 Å². The van der Waals surface area contributed by atoms with E-state index in [1.165, 1.54) is 18.6 Å². The van der Waals surface area contributed by atoms with Gasteiger partial charge in [0, 0.05) is 41.1 Å². The van der Waals surface area contributed by atoms with Crippen molar-refractivity contribution in [3.05, 3.63) is 56.5 Å². The number of carbonyl (C=O) groups is 2. The molecule has 3 atom stereocenters. The lowest BCUT2D eigenvalue weighted by atomic mass is 9.53. The number of hydrogen-bond acceptors (Lipinski definition) is 7. The van der Waals surface area contributed by atoms with Gasteiger partial charge in [-0.15, -0.1) is 0 Å². The minimum absolute atomic E-state index is 0.194. The number of carbonyl (C=O) groups excluding carboxylic acids is 2. The molecule has 13 heteroatoms. The fourth-order valence-corrected chi connectivity index (χ4v) is 8.62. The normalized spacial score (nSPS) is 35.7. The predicted octanol–water partition coefficient (Wildman–Crippen LogP) is 8.85. The monoisotopic (exact) mass is 670 g/mol. The Balaban J connectivity index is 1.09. The first-order valence-corrected chi connectivity index (χ1v) is 16.0. The largest absolute Gasteiger partial charge is 0.446 e. The molecule has 4 bridgehead atoms. The first-order valence-electron chi connectivity index (χ1n) is 14.5. The van der Waals surface area contributed by atoms with Crippen molar-refractivity contribution in [2.24, 2.45) is 23.7 Å². The molecule has 2 aromatic carbocycles. The highest BCUT2D eigenvalue weighted by atomic mass is 35.5. The number of ether oxygens (including phenoxy) is 3. The van der Waals surface area contributed by atoms with E-state index in [4.69, 9.17) is 70.4 Å². The van der Waals surface area contributed by atoms with Crippen molar-refractivity contribution in [1.82, 2.24) is 0 Å². The van der Waals surface area contributed by atoms with Gasteiger partial charge < -0.3 is 14.2 Å². The van der Waals surface area contributed by atoms with Crippen LogP contribution in [0.3, 0.4) is 0 Å². The number of rotatable bonds is 4.